The van der Waals surface area contributed by atoms with Crippen molar-refractivity contribution in [3.05, 3.63) is 99.6 Å². The summed E-state index contributed by atoms with van der Waals surface area (Å²) in [6.45, 7) is 2.01. The average Bonchev–Trinajstić information content (AvgIpc) is 3.32. The van der Waals surface area contributed by atoms with Gasteiger partial charge in [-0.05, 0) is 29.5 Å². The molecular formula is C25H22N4O4S2. The van der Waals surface area contributed by atoms with E-state index in [2.05, 4.69) is 10.2 Å². The van der Waals surface area contributed by atoms with E-state index in [0.717, 1.165) is 20.5 Å². The maximum Gasteiger partial charge on any atom is 0.356 e. The Morgan fingerprint density at radius 2 is 1.83 bits per heavy atom. The van der Waals surface area contributed by atoms with Gasteiger partial charge in [-0.1, -0.05) is 83.8 Å². The van der Waals surface area contributed by atoms with E-state index in [9.17, 15) is 9.59 Å². The summed E-state index contributed by atoms with van der Waals surface area (Å²) in [5, 5.41) is 10.7. The number of rotatable bonds is 7. The molecule has 1 amide bonds. The second-order valence-electron chi connectivity index (χ2n) is 7.92. The SMILES string of the molecule is Cc1nnc(S/C=C/C2=C(C(=O)OC(c3ccccc3)c3ccccc3)N3C(=O)C(N)C3OC2)s1. The van der Waals surface area contributed by atoms with E-state index in [1.165, 1.54) is 28.0 Å². The highest BCUT2D eigenvalue weighted by molar-refractivity contribution is 8.03. The molecule has 1 fully saturated rings. The minimum absolute atomic E-state index is 0.125. The van der Waals surface area contributed by atoms with Crippen molar-refractivity contribution in [1.29, 1.82) is 0 Å². The van der Waals surface area contributed by atoms with E-state index >= 15 is 0 Å². The first kappa shape index (κ1) is 23.4. The molecule has 8 nitrogen and oxygen atoms in total. The van der Waals surface area contributed by atoms with E-state index in [1.807, 2.05) is 67.6 Å². The number of esters is 1. The van der Waals surface area contributed by atoms with Crippen LogP contribution in [0.2, 0.25) is 0 Å². The van der Waals surface area contributed by atoms with Gasteiger partial charge in [-0.15, -0.1) is 10.2 Å². The van der Waals surface area contributed by atoms with E-state index in [0.29, 0.717) is 5.57 Å². The normalized spacial score (nSPS) is 19.7. The molecule has 2 atom stereocenters. The standard InChI is InChI=1S/C25H22N4O4S2/c1-15-27-28-25(35-15)34-13-12-18-14-32-23-19(26)22(30)29(23)20(18)24(31)33-21(16-8-4-2-5-9-16)17-10-6-3-7-11-17/h2-13,19,21,23H,14,26H2,1H3/b13-12+. The number of ether oxygens (including phenoxy) is 2. The lowest BCUT2D eigenvalue weighted by molar-refractivity contribution is -0.181. The van der Waals surface area contributed by atoms with E-state index in [4.69, 9.17) is 15.2 Å². The number of nitrogens with two attached hydrogens (primary N) is 1. The van der Waals surface area contributed by atoms with Crippen LogP contribution >= 0.6 is 23.1 Å². The number of hydrogen-bond acceptors (Lipinski definition) is 9. The maximum absolute atomic E-state index is 13.6. The van der Waals surface area contributed by atoms with Gasteiger partial charge in [-0.3, -0.25) is 9.69 Å². The quantitative estimate of drug-likeness (QED) is 0.294. The van der Waals surface area contributed by atoms with Gasteiger partial charge in [-0.25, -0.2) is 4.79 Å². The summed E-state index contributed by atoms with van der Waals surface area (Å²) < 4.78 is 12.6. The first-order chi connectivity index (χ1) is 17.0. The van der Waals surface area contributed by atoms with Crippen molar-refractivity contribution >= 4 is 35.0 Å². The second kappa shape index (κ2) is 10.1. The molecule has 10 heteroatoms. The molecule has 0 bridgehead atoms. The van der Waals surface area contributed by atoms with Crippen molar-refractivity contribution in [2.24, 2.45) is 5.73 Å². The molecule has 35 heavy (non-hydrogen) atoms. The third-order valence-electron chi connectivity index (χ3n) is 5.61. The van der Waals surface area contributed by atoms with Crippen LogP contribution in [0.3, 0.4) is 0 Å². The number of benzene rings is 2. The van der Waals surface area contributed by atoms with Gasteiger partial charge in [0.05, 0.1) is 6.61 Å². The molecule has 2 N–H and O–H groups in total. The van der Waals surface area contributed by atoms with Crippen LogP contribution in [-0.4, -0.2) is 45.9 Å². The third kappa shape index (κ3) is 4.78. The molecule has 2 aromatic carbocycles. The lowest BCUT2D eigenvalue weighted by Crippen LogP contribution is -2.71. The molecule has 3 heterocycles. The monoisotopic (exact) mass is 506 g/mol. The minimum atomic E-state index is -0.805. The van der Waals surface area contributed by atoms with E-state index in [-0.39, 0.29) is 18.2 Å². The van der Waals surface area contributed by atoms with E-state index in [1.54, 1.807) is 11.5 Å². The number of nitrogens with zero attached hydrogens (tertiary/aromatic N) is 3. The highest BCUT2D eigenvalue weighted by Gasteiger charge is 2.52. The Kier molecular flexibility index (Phi) is 6.78. The molecule has 178 valence electrons. The molecule has 1 aromatic heterocycles. The number of thioether (sulfide) groups is 1. The Bertz CT molecular complexity index is 1250. The number of carbonyl (C=O) groups is 2. The molecule has 2 unspecified atom stereocenters. The Morgan fingerprint density at radius 3 is 2.43 bits per heavy atom. The molecule has 3 aromatic rings. The van der Waals surface area contributed by atoms with Gasteiger partial charge in [0.2, 0.25) is 0 Å². The number of aryl methyl sites for hydroxylation is 1. The predicted octanol–water partition coefficient (Wildman–Crippen LogP) is 3.57. The number of aromatic nitrogens is 2. The fraction of sp³-hybridized carbons (Fsp3) is 0.200. The summed E-state index contributed by atoms with van der Waals surface area (Å²) >= 11 is 2.84. The van der Waals surface area contributed by atoms with Gasteiger partial charge in [0.25, 0.3) is 5.91 Å². The lowest BCUT2D eigenvalue weighted by Gasteiger charge is -2.48. The lowest BCUT2D eigenvalue weighted by atomic mass is 9.99. The molecule has 0 saturated carbocycles. The zero-order chi connectivity index (χ0) is 24.4. The van der Waals surface area contributed by atoms with Gasteiger partial charge in [0.1, 0.15) is 16.7 Å². The van der Waals surface area contributed by atoms with Crippen molar-refractivity contribution in [2.45, 2.75) is 29.6 Å². The molecule has 5 rings (SSSR count). The smallest absolute Gasteiger partial charge is 0.356 e. The third-order valence-corrected chi connectivity index (χ3v) is 7.33. The maximum atomic E-state index is 13.6. The number of carbonyl (C=O) groups excluding carboxylic acids is 2. The Labute approximate surface area is 210 Å². The van der Waals surface area contributed by atoms with Crippen molar-refractivity contribution in [2.75, 3.05) is 6.61 Å². The molecule has 1 saturated heterocycles. The van der Waals surface area contributed by atoms with Crippen molar-refractivity contribution in [3.8, 4) is 0 Å². The molecule has 0 spiro atoms. The van der Waals surface area contributed by atoms with Crippen LogP contribution in [-0.2, 0) is 19.1 Å². The highest BCUT2D eigenvalue weighted by atomic mass is 32.2. The van der Waals surface area contributed by atoms with Crippen molar-refractivity contribution < 1.29 is 19.1 Å². The van der Waals surface area contributed by atoms with Gasteiger partial charge >= 0.3 is 5.97 Å². The van der Waals surface area contributed by atoms with Gasteiger partial charge in [0, 0.05) is 5.57 Å². The van der Waals surface area contributed by atoms with Crippen LogP contribution < -0.4 is 5.73 Å². The van der Waals surface area contributed by atoms with Gasteiger partial charge in [-0.2, -0.15) is 0 Å². The molecule has 2 aliphatic heterocycles. The molecule has 0 aliphatic carbocycles. The average molecular weight is 507 g/mol. The van der Waals surface area contributed by atoms with Gasteiger partial charge in [0.15, 0.2) is 16.7 Å². The summed E-state index contributed by atoms with van der Waals surface area (Å²) in [5.74, 6) is -0.997. The number of fused-ring (bicyclic) bond motifs is 1. The molecular weight excluding hydrogens is 484 g/mol. The van der Waals surface area contributed by atoms with Crippen molar-refractivity contribution in [1.82, 2.24) is 15.1 Å². The summed E-state index contributed by atoms with van der Waals surface area (Å²) in [5.41, 5.74) is 8.24. The van der Waals surface area contributed by atoms with Crippen LogP contribution in [0.5, 0.6) is 0 Å². The van der Waals surface area contributed by atoms with E-state index < -0.39 is 24.3 Å². The summed E-state index contributed by atoms with van der Waals surface area (Å²) in [6, 6.07) is 18.2. The van der Waals surface area contributed by atoms with Crippen molar-refractivity contribution in [3.63, 3.8) is 0 Å². The first-order valence-corrected chi connectivity index (χ1v) is 12.6. The summed E-state index contributed by atoms with van der Waals surface area (Å²) in [6.07, 6.45) is 0.408. The fourth-order valence-electron chi connectivity index (χ4n) is 3.90. The van der Waals surface area contributed by atoms with Gasteiger partial charge < -0.3 is 15.2 Å². The largest absolute Gasteiger partial charge is 0.448 e. The molecule has 0 radical (unpaired) electrons. The zero-order valence-electron chi connectivity index (χ0n) is 18.7. The summed E-state index contributed by atoms with van der Waals surface area (Å²) in [4.78, 5) is 27.5. The predicted molar refractivity (Wildman–Crippen MR) is 132 cm³/mol. The molecule has 2 aliphatic rings. The number of hydrogen-bond donors (Lipinski definition) is 1. The van der Waals surface area contributed by atoms with Crippen LogP contribution in [0, 0.1) is 6.92 Å². The Hall–Kier alpha value is -3.31. The second-order valence-corrected chi connectivity index (χ2v) is 10.3. The number of β-lactam (4-membered cyclic amide) rings is 1. The Morgan fingerprint density at radius 1 is 1.17 bits per heavy atom. The first-order valence-electron chi connectivity index (χ1n) is 10.9. The Balaban J connectivity index is 1.47. The summed E-state index contributed by atoms with van der Waals surface area (Å²) in [7, 11) is 0. The van der Waals surface area contributed by atoms with Crippen LogP contribution in [0.15, 0.2) is 87.8 Å². The van der Waals surface area contributed by atoms with Crippen LogP contribution in [0.25, 0.3) is 0 Å². The minimum Gasteiger partial charge on any atom is -0.448 e. The topological polar surface area (TPSA) is 108 Å². The highest BCUT2D eigenvalue weighted by Crippen LogP contribution is 2.35. The van der Waals surface area contributed by atoms with Crippen LogP contribution in [0.4, 0.5) is 0 Å². The van der Waals surface area contributed by atoms with Crippen LogP contribution in [0.1, 0.15) is 22.2 Å². The fourth-order valence-corrected chi connectivity index (χ4v) is 5.48. The zero-order valence-corrected chi connectivity index (χ0v) is 20.4. The number of amides is 1.